The van der Waals surface area contributed by atoms with Crippen molar-refractivity contribution in [3.8, 4) is 0 Å². The van der Waals surface area contributed by atoms with Gasteiger partial charge < -0.3 is 9.84 Å². The summed E-state index contributed by atoms with van der Waals surface area (Å²) in [6.07, 6.45) is 11.7. The number of esters is 1. The molecule has 0 radical (unpaired) electrons. The number of carbonyl (C=O) groups is 2. The number of unbranched alkanes of at least 4 members (excludes halogenated alkanes) is 6. The van der Waals surface area contributed by atoms with Gasteiger partial charge in [-0.25, -0.2) is 0 Å². The Morgan fingerprint density at radius 3 is 2.23 bits per heavy atom. The molecule has 1 unspecified atom stereocenters. The van der Waals surface area contributed by atoms with E-state index >= 15 is 0 Å². The van der Waals surface area contributed by atoms with E-state index in [9.17, 15) is 9.59 Å². The molecule has 0 bridgehead atoms. The first-order valence-corrected chi connectivity index (χ1v) is 14.3. The number of aliphatic carboxylic acids is 1. The molecule has 0 saturated carbocycles. The number of thioether (sulfide) groups is 1. The molecule has 0 aliphatic heterocycles. The highest BCUT2D eigenvalue weighted by Gasteiger charge is 2.20. The fourth-order valence-corrected chi connectivity index (χ4v) is 5.40. The van der Waals surface area contributed by atoms with Crippen LogP contribution >= 0.6 is 11.8 Å². The van der Waals surface area contributed by atoms with Crippen LogP contribution in [0.4, 0.5) is 0 Å². The molecular weight excluding hydrogens is 456 g/mol. The van der Waals surface area contributed by atoms with Crippen LogP contribution in [0.1, 0.15) is 93.1 Å². The number of carboxylic acids is 1. The summed E-state index contributed by atoms with van der Waals surface area (Å²) in [4.78, 5) is 23.5. The average molecular weight is 499 g/mol. The van der Waals surface area contributed by atoms with Gasteiger partial charge in [0.25, 0.3) is 0 Å². The summed E-state index contributed by atoms with van der Waals surface area (Å²) in [5.74, 6) is -0.519. The second-order valence-corrected chi connectivity index (χ2v) is 10.4. The van der Waals surface area contributed by atoms with Crippen molar-refractivity contribution in [1.82, 2.24) is 0 Å². The smallest absolute Gasteiger partial charge is 0.307 e. The number of rotatable bonds is 19. The lowest BCUT2D eigenvalue weighted by Gasteiger charge is -2.20. The van der Waals surface area contributed by atoms with Gasteiger partial charge in [0.05, 0.1) is 19.4 Å². The maximum Gasteiger partial charge on any atom is 0.307 e. The van der Waals surface area contributed by atoms with Gasteiger partial charge in [-0.1, -0.05) is 93.6 Å². The number of carbonyl (C=O) groups excluding carboxylic acids is 1. The van der Waals surface area contributed by atoms with E-state index in [1.54, 1.807) is 11.8 Å². The van der Waals surface area contributed by atoms with Crippen molar-refractivity contribution in [2.45, 2.75) is 89.2 Å². The highest BCUT2D eigenvalue weighted by Crippen LogP contribution is 2.35. The van der Waals surface area contributed by atoms with E-state index in [4.69, 9.17) is 9.84 Å². The van der Waals surface area contributed by atoms with Crippen molar-refractivity contribution >= 4 is 23.7 Å². The molecule has 1 N–H and O–H groups in total. The first-order chi connectivity index (χ1) is 17.1. The third-order valence-corrected chi connectivity index (χ3v) is 7.42. The topological polar surface area (TPSA) is 63.6 Å². The minimum Gasteiger partial charge on any atom is -0.481 e. The molecule has 2 aromatic rings. The minimum atomic E-state index is -0.807. The van der Waals surface area contributed by atoms with E-state index in [2.05, 4.69) is 55.5 Å². The van der Waals surface area contributed by atoms with Gasteiger partial charge in [-0.05, 0) is 48.8 Å². The molecule has 4 nitrogen and oxygen atoms in total. The summed E-state index contributed by atoms with van der Waals surface area (Å²) < 4.78 is 5.41. The SMILES string of the molecule is CCCCOC(=O)CC(SCCC(=O)O)c1ccccc1CCCCCCCCc1ccccc1. The molecule has 5 heteroatoms. The average Bonchev–Trinajstić information content (AvgIpc) is 2.86. The van der Waals surface area contributed by atoms with Gasteiger partial charge in [-0.3, -0.25) is 9.59 Å². The summed E-state index contributed by atoms with van der Waals surface area (Å²) in [5.41, 5.74) is 3.85. The molecule has 35 heavy (non-hydrogen) atoms. The molecule has 0 spiro atoms. The quantitative estimate of drug-likeness (QED) is 0.158. The Balaban J connectivity index is 1.80. The Bertz CT molecular complexity index is 852. The van der Waals surface area contributed by atoms with E-state index in [1.807, 2.05) is 6.07 Å². The van der Waals surface area contributed by atoms with Gasteiger partial charge in [0, 0.05) is 11.0 Å². The fourth-order valence-electron chi connectivity index (χ4n) is 4.16. The zero-order valence-corrected chi connectivity index (χ0v) is 22.1. The van der Waals surface area contributed by atoms with Crippen LogP contribution in [0.3, 0.4) is 0 Å². The van der Waals surface area contributed by atoms with Crippen molar-refractivity contribution < 1.29 is 19.4 Å². The molecule has 0 aliphatic carbocycles. The molecule has 2 rings (SSSR count). The molecule has 0 aromatic heterocycles. The maximum atomic E-state index is 12.4. The molecule has 2 aromatic carbocycles. The first kappa shape index (κ1) is 29.0. The van der Waals surface area contributed by atoms with Crippen LogP contribution < -0.4 is 0 Å². The van der Waals surface area contributed by atoms with E-state index in [1.165, 1.54) is 43.2 Å². The lowest BCUT2D eigenvalue weighted by Crippen LogP contribution is -2.12. The van der Waals surface area contributed by atoms with E-state index in [-0.39, 0.29) is 24.1 Å². The summed E-state index contributed by atoms with van der Waals surface area (Å²) in [5, 5.41) is 8.98. The largest absolute Gasteiger partial charge is 0.481 e. The van der Waals surface area contributed by atoms with E-state index in [0.717, 1.165) is 37.7 Å². The Hall–Kier alpha value is -2.27. The van der Waals surface area contributed by atoms with E-state index < -0.39 is 5.97 Å². The molecule has 192 valence electrons. The molecule has 0 heterocycles. The van der Waals surface area contributed by atoms with Crippen LogP contribution in [-0.2, 0) is 27.2 Å². The lowest BCUT2D eigenvalue weighted by atomic mass is 9.97. The Kier molecular flexibility index (Phi) is 14.9. The number of aryl methyl sites for hydroxylation is 2. The molecule has 0 fully saturated rings. The summed E-state index contributed by atoms with van der Waals surface area (Å²) in [7, 11) is 0. The molecule has 0 aliphatic rings. The predicted octanol–water partition coefficient (Wildman–Crippen LogP) is 7.79. The van der Waals surface area contributed by atoms with Crippen LogP contribution in [0.5, 0.6) is 0 Å². The summed E-state index contributed by atoms with van der Waals surface area (Å²) in [6.45, 7) is 2.52. The highest BCUT2D eigenvalue weighted by atomic mass is 32.2. The van der Waals surface area contributed by atoms with Crippen LogP contribution in [0, 0.1) is 0 Å². The number of hydrogen-bond donors (Lipinski definition) is 1. The van der Waals surface area contributed by atoms with Crippen molar-refractivity contribution in [3.63, 3.8) is 0 Å². The third-order valence-electron chi connectivity index (χ3n) is 6.15. The third kappa shape index (κ3) is 12.8. The molecule has 0 saturated heterocycles. The Morgan fingerprint density at radius 1 is 0.857 bits per heavy atom. The summed E-state index contributed by atoms with van der Waals surface area (Å²) in [6, 6.07) is 19.0. The maximum absolute atomic E-state index is 12.4. The minimum absolute atomic E-state index is 0.0716. The van der Waals surface area contributed by atoms with Crippen molar-refractivity contribution in [1.29, 1.82) is 0 Å². The monoisotopic (exact) mass is 498 g/mol. The van der Waals surface area contributed by atoms with Gasteiger partial charge >= 0.3 is 11.9 Å². The van der Waals surface area contributed by atoms with E-state index in [0.29, 0.717) is 12.4 Å². The van der Waals surface area contributed by atoms with Crippen molar-refractivity contribution in [3.05, 3.63) is 71.3 Å². The van der Waals surface area contributed by atoms with Gasteiger partial charge in [0.15, 0.2) is 0 Å². The van der Waals surface area contributed by atoms with Crippen LogP contribution in [0.2, 0.25) is 0 Å². The Morgan fingerprint density at radius 2 is 1.51 bits per heavy atom. The van der Waals surface area contributed by atoms with Crippen molar-refractivity contribution in [2.75, 3.05) is 12.4 Å². The predicted molar refractivity (Wildman–Crippen MR) is 146 cm³/mol. The lowest BCUT2D eigenvalue weighted by molar-refractivity contribution is -0.143. The molecule has 1 atom stereocenters. The Labute approximate surface area is 215 Å². The van der Waals surface area contributed by atoms with Gasteiger partial charge in [-0.2, -0.15) is 11.8 Å². The number of ether oxygens (including phenoxy) is 1. The number of hydrogen-bond acceptors (Lipinski definition) is 4. The van der Waals surface area contributed by atoms with Crippen LogP contribution in [-0.4, -0.2) is 29.4 Å². The second-order valence-electron chi connectivity index (χ2n) is 9.09. The summed E-state index contributed by atoms with van der Waals surface area (Å²) >= 11 is 1.55. The van der Waals surface area contributed by atoms with Crippen LogP contribution in [0.15, 0.2) is 54.6 Å². The second kappa shape index (κ2) is 18.1. The normalized spacial score (nSPS) is 11.8. The number of carboxylic acid groups (broad SMARTS) is 1. The highest BCUT2D eigenvalue weighted by molar-refractivity contribution is 7.99. The zero-order chi connectivity index (χ0) is 25.1. The van der Waals surface area contributed by atoms with Crippen molar-refractivity contribution in [2.24, 2.45) is 0 Å². The number of benzene rings is 2. The fraction of sp³-hybridized carbons (Fsp3) is 0.533. The van der Waals surface area contributed by atoms with Gasteiger partial charge in [0.1, 0.15) is 0 Å². The van der Waals surface area contributed by atoms with Gasteiger partial charge in [0.2, 0.25) is 0 Å². The first-order valence-electron chi connectivity index (χ1n) is 13.2. The standard InChI is InChI=1S/C30H42O4S/c1-2-3-22-34-30(33)24-28(35-23-21-29(31)32)27-20-14-13-19-26(27)18-12-7-5-4-6-9-15-25-16-10-8-11-17-25/h8,10-11,13-14,16-17,19-20,28H,2-7,9,12,15,18,21-24H2,1H3,(H,31,32). The molecule has 0 amide bonds. The molecular formula is C30H42O4S. The zero-order valence-electron chi connectivity index (χ0n) is 21.3. The van der Waals surface area contributed by atoms with Gasteiger partial charge in [-0.15, -0.1) is 0 Å². The van der Waals surface area contributed by atoms with Crippen LogP contribution in [0.25, 0.3) is 0 Å².